The van der Waals surface area contributed by atoms with Crippen molar-refractivity contribution in [1.82, 2.24) is 34.9 Å². The van der Waals surface area contributed by atoms with E-state index in [4.69, 9.17) is 4.98 Å². The number of aromatic amines is 2. The highest BCUT2D eigenvalue weighted by atomic mass is 32.2. The lowest BCUT2D eigenvalue weighted by atomic mass is 10.0. The maximum Gasteiger partial charge on any atom is 0.227 e. The quantitative estimate of drug-likeness (QED) is 0.197. The number of pyridine rings is 2. The molecule has 4 aromatic heterocycles. The third-order valence-corrected chi connectivity index (χ3v) is 7.94. The Labute approximate surface area is 245 Å². The summed E-state index contributed by atoms with van der Waals surface area (Å²) in [5.74, 6) is 0.0943. The van der Waals surface area contributed by atoms with Crippen LogP contribution in [-0.4, -0.2) is 50.7 Å². The lowest BCUT2D eigenvalue weighted by molar-refractivity contribution is -0.117. The molecule has 1 fully saturated rings. The third-order valence-electron chi connectivity index (χ3n) is 7.28. The number of imidazole rings is 1. The van der Waals surface area contributed by atoms with Gasteiger partial charge >= 0.3 is 0 Å². The van der Waals surface area contributed by atoms with E-state index in [1.165, 1.54) is 12.1 Å². The molecule has 1 amide bonds. The number of halogens is 1. The summed E-state index contributed by atoms with van der Waals surface area (Å²) >= 11 is 0. The van der Waals surface area contributed by atoms with Gasteiger partial charge in [0.05, 0.1) is 40.9 Å². The van der Waals surface area contributed by atoms with Gasteiger partial charge in [-0.1, -0.05) is 6.07 Å². The van der Waals surface area contributed by atoms with Crippen molar-refractivity contribution < 1.29 is 17.6 Å². The first-order chi connectivity index (χ1) is 20.7. The van der Waals surface area contributed by atoms with Crippen LogP contribution in [-0.2, 0) is 21.4 Å². The van der Waals surface area contributed by atoms with Crippen LogP contribution in [0.2, 0.25) is 0 Å². The Morgan fingerprint density at radius 2 is 1.81 bits per heavy atom. The van der Waals surface area contributed by atoms with Crippen LogP contribution in [0.15, 0.2) is 67.3 Å². The fourth-order valence-corrected chi connectivity index (χ4v) is 5.44. The maximum atomic E-state index is 14.6. The number of nitrogens with zero attached hydrogens (tertiary/aromatic N) is 4. The summed E-state index contributed by atoms with van der Waals surface area (Å²) in [6, 6.07) is 12.1. The number of sulfonamides is 1. The second-order valence-corrected chi connectivity index (χ2v) is 12.5. The predicted molar refractivity (Wildman–Crippen MR) is 161 cm³/mol. The number of nitrogens with one attached hydrogen (secondary N) is 4. The van der Waals surface area contributed by atoms with Crippen molar-refractivity contribution in [2.75, 3.05) is 11.6 Å². The summed E-state index contributed by atoms with van der Waals surface area (Å²) < 4.78 is 40.1. The fourth-order valence-electron chi connectivity index (χ4n) is 5.01. The van der Waals surface area contributed by atoms with Crippen molar-refractivity contribution in [1.29, 1.82) is 0 Å². The Kier molecular flexibility index (Phi) is 6.47. The number of rotatable bonds is 8. The molecule has 2 aromatic carbocycles. The molecular weight excluding hydrogens is 571 g/mol. The molecular formula is C30H25FN8O3S. The number of hydrogen-bond acceptors (Lipinski definition) is 7. The summed E-state index contributed by atoms with van der Waals surface area (Å²) in [6.45, 7) is -0.0499. The summed E-state index contributed by atoms with van der Waals surface area (Å²) in [5.41, 5.74) is 6.51. The lowest BCUT2D eigenvalue weighted by Crippen LogP contribution is -2.21. The van der Waals surface area contributed by atoms with Gasteiger partial charge in [-0.2, -0.15) is 5.10 Å². The van der Waals surface area contributed by atoms with Gasteiger partial charge in [0.2, 0.25) is 15.9 Å². The van der Waals surface area contributed by atoms with Crippen molar-refractivity contribution in [3.8, 4) is 33.8 Å². The fraction of sp³-hybridized carbons (Fsp3) is 0.167. The van der Waals surface area contributed by atoms with Gasteiger partial charge in [-0.3, -0.25) is 19.9 Å². The zero-order valence-electron chi connectivity index (χ0n) is 22.8. The van der Waals surface area contributed by atoms with Crippen LogP contribution in [0.5, 0.6) is 0 Å². The Bertz CT molecular complexity index is 2150. The minimum Gasteiger partial charge on any atom is -0.335 e. The van der Waals surface area contributed by atoms with Gasteiger partial charge in [0.15, 0.2) is 5.82 Å². The minimum atomic E-state index is -3.45. The molecule has 11 nitrogen and oxygen atoms in total. The number of benzene rings is 2. The van der Waals surface area contributed by atoms with Gasteiger partial charge in [-0.15, -0.1) is 0 Å². The monoisotopic (exact) mass is 596 g/mol. The van der Waals surface area contributed by atoms with Gasteiger partial charge in [0.25, 0.3) is 0 Å². The predicted octanol–water partition coefficient (Wildman–Crippen LogP) is 4.77. The molecule has 4 N–H and O–H groups in total. The summed E-state index contributed by atoms with van der Waals surface area (Å²) in [7, 11) is -3.45. The van der Waals surface area contributed by atoms with Gasteiger partial charge in [0.1, 0.15) is 11.5 Å². The Morgan fingerprint density at radius 1 is 0.977 bits per heavy atom. The molecule has 0 spiro atoms. The van der Waals surface area contributed by atoms with Gasteiger partial charge in [-0.05, 0) is 65.9 Å². The zero-order valence-corrected chi connectivity index (χ0v) is 23.7. The molecule has 13 heteroatoms. The molecule has 4 heterocycles. The van der Waals surface area contributed by atoms with Crippen molar-refractivity contribution in [2.45, 2.75) is 19.4 Å². The standard InChI is InChI=1S/C30H25FN8O3S/c1-43(41,42)34-11-16-6-19(8-21(31)7-16)24-14-33-15-26-27(24)37-29(36-26)28-23-10-18(4-5-25(23)38-39-28)20-9-22(13-32-12-20)35-30(40)17-2-3-17/h4-10,12-15,17,34H,2-3,11H2,1H3,(H,35,40)(H,36,37)(H,38,39). The van der Waals surface area contributed by atoms with E-state index in [1.54, 1.807) is 30.9 Å². The van der Waals surface area contributed by atoms with E-state index < -0.39 is 15.8 Å². The number of fused-ring (bicyclic) bond motifs is 2. The van der Waals surface area contributed by atoms with Crippen LogP contribution < -0.4 is 10.0 Å². The number of hydrogen-bond donors (Lipinski definition) is 4. The molecule has 1 saturated carbocycles. The molecule has 7 rings (SSSR count). The summed E-state index contributed by atoms with van der Waals surface area (Å²) in [6.07, 6.45) is 9.50. The highest BCUT2D eigenvalue weighted by Gasteiger charge is 2.29. The van der Waals surface area contributed by atoms with Crippen LogP contribution in [0, 0.1) is 11.7 Å². The summed E-state index contributed by atoms with van der Waals surface area (Å²) in [4.78, 5) is 29.0. The van der Waals surface area contributed by atoms with E-state index in [1.807, 2.05) is 24.3 Å². The van der Waals surface area contributed by atoms with Crippen LogP contribution in [0.1, 0.15) is 18.4 Å². The van der Waals surface area contributed by atoms with E-state index in [2.05, 4.69) is 35.2 Å². The number of aromatic nitrogens is 6. The van der Waals surface area contributed by atoms with Gasteiger partial charge in [0, 0.05) is 41.4 Å². The lowest BCUT2D eigenvalue weighted by Gasteiger charge is -2.07. The first-order valence-electron chi connectivity index (χ1n) is 13.5. The van der Waals surface area contributed by atoms with E-state index in [0.717, 1.165) is 41.1 Å². The largest absolute Gasteiger partial charge is 0.335 e. The summed E-state index contributed by atoms with van der Waals surface area (Å²) in [5, 5.41) is 11.3. The topological polar surface area (TPSA) is 158 Å². The van der Waals surface area contributed by atoms with Gasteiger partial charge in [-0.25, -0.2) is 22.5 Å². The van der Waals surface area contributed by atoms with Crippen LogP contribution in [0.25, 0.3) is 55.7 Å². The molecule has 0 bridgehead atoms. The van der Waals surface area contributed by atoms with Crippen molar-refractivity contribution >= 4 is 43.6 Å². The molecule has 0 aliphatic heterocycles. The van der Waals surface area contributed by atoms with Gasteiger partial charge < -0.3 is 10.3 Å². The highest BCUT2D eigenvalue weighted by molar-refractivity contribution is 7.88. The Balaban J connectivity index is 1.25. The molecule has 1 aliphatic carbocycles. The number of carbonyl (C=O) groups is 1. The Hall–Kier alpha value is -5.01. The zero-order chi connectivity index (χ0) is 29.7. The molecule has 0 unspecified atom stereocenters. The van der Waals surface area contributed by atoms with Crippen LogP contribution >= 0.6 is 0 Å². The minimum absolute atomic E-state index is 0.0188. The number of H-pyrrole nitrogens is 2. The molecule has 0 saturated heterocycles. The Morgan fingerprint density at radius 3 is 2.63 bits per heavy atom. The van der Waals surface area contributed by atoms with E-state index in [0.29, 0.717) is 44.9 Å². The highest BCUT2D eigenvalue weighted by Crippen LogP contribution is 2.34. The SMILES string of the molecule is CS(=O)(=O)NCc1cc(F)cc(-c2cncc3[nH]c(-c4n[nH]c5ccc(-c6cncc(NC(=O)C7CC7)c6)cc45)nc23)c1. The first-order valence-corrected chi connectivity index (χ1v) is 15.4. The van der Waals surface area contributed by atoms with Crippen LogP contribution in [0.3, 0.4) is 0 Å². The van der Waals surface area contributed by atoms with Crippen LogP contribution in [0.4, 0.5) is 10.1 Å². The average Bonchev–Trinajstić information content (AvgIpc) is 3.61. The second kappa shape index (κ2) is 10.4. The van der Waals surface area contributed by atoms with E-state index in [-0.39, 0.29) is 18.4 Å². The number of carbonyl (C=O) groups excluding carboxylic acids is 1. The number of anilines is 1. The second-order valence-electron chi connectivity index (χ2n) is 10.7. The van der Waals surface area contributed by atoms with Crippen molar-refractivity contribution in [3.63, 3.8) is 0 Å². The third kappa shape index (κ3) is 5.59. The normalized spacial score (nSPS) is 13.5. The van der Waals surface area contributed by atoms with Crippen molar-refractivity contribution in [3.05, 3.63) is 78.6 Å². The molecule has 0 atom stereocenters. The van der Waals surface area contributed by atoms with E-state index in [9.17, 15) is 17.6 Å². The molecule has 0 radical (unpaired) electrons. The molecule has 216 valence electrons. The maximum absolute atomic E-state index is 14.6. The molecule has 43 heavy (non-hydrogen) atoms. The average molecular weight is 597 g/mol. The molecule has 1 aliphatic rings. The van der Waals surface area contributed by atoms with Crippen molar-refractivity contribution in [2.24, 2.45) is 5.92 Å². The first kappa shape index (κ1) is 26.9. The van der Waals surface area contributed by atoms with E-state index >= 15 is 0 Å². The molecule has 6 aromatic rings. The number of amides is 1. The smallest absolute Gasteiger partial charge is 0.227 e.